The second kappa shape index (κ2) is 13.3. The maximum absolute atomic E-state index is 11.6. The summed E-state index contributed by atoms with van der Waals surface area (Å²) in [6.07, 6.45) is 3.74. The third-order valence-corrected chi connectivity index (χ3v) is 7.62. The largest absolute Gasteiger partial charge is 0.530 e. The van der Waals surface area contributed by atoms with Crippen LogP contribution in [0.4, 0.5) is 4.79 Å². The van der Waals surface area contributed by atoms with Crippen molar-refractivity contribution in [3.8, 4) is 5.75 Å². The number of nitrogens with zero attached hydrogens (tertiary/aromatic N) is 1. The number of fused-ring (bicyclic) bond motifs is 1. The average Bonchev–Trinajstić information content (AvgIpc) is 2.98. The molecule has 1 fully saturated rings. The highest BCUT2D eigenvalue weighted by Gasteiger charge is 2.31. The number of carbonyl (C=O) groups is 1. The van der Waals surface area contributed by atoms with E-state index in [0.717, 1.165) is 42.6 Å². The third-order valence-electron chi connectivity index (χ3n) is 7.62. The van der Waals surface area contributed by atoms with E-state index in [0.29, 0.717) is 32.7 Å². The number of likely N-dealkylation sites (tertiary alicyclic amines) is 1. The molecule has 4 aromatic carbocycles. The number of rotatable bonds is 11. The van der Waals surface area contributed by atoms with Crippen molar-refractivity contribution in [3.63, 3.8) is 0 Å². The molecule has 2 atom stereocenters. The summed E-state index contributed by atoms with van der Waals surface area (Å²) in [7, 11) is 0. The van der Waals surface area contributed by atoms with Gasteiger partial charge in [0.15, 0.2) is 0 Å². The molecule has 1 aliphatic heterocycles. The molecular weight excluding hydrogens is 486 g/mol. The van der Waals surface area contributed by atoms with E-state index in [4.69, 9.17) is 9.47 Å². The molecule has 1 saturated heterocycles. The summed E-state index contributed by atoms with van der Waals surface area (Å²) in [5, 5.41) is 13.9. The van der Waals surface area contributed by atoms with Crippen molar-refractivity contribution in [2.75, 3.05) is 19.7 Å². The first kappa shape index (κ1) is 26.8. The van der Waals surface area contributed by atoms with Crippen molar-refractivity contribution in [2.45, 2.75) is 50.7 Å². The molecule has 5 heteroatoms. The van der Waals surface area contributed by atoms with E-state index in [9.17, 15) is 9.90 Å². The molecule has 0 aromatic heterocycles. The third kappa shape index (κ3) is 7.39. The highest BCUT2D eigenvalue weighted by atomic mass is 16.5. The zero-order valence-corrected chi connectivity index (χ0v) is 22.3. The van der Waals surface area contributed by atoms with Gasteiger partial charge in [0.2, 0.25) is 0 Å². The first-order valence-corrected chi connectivity index (χ1v) is 14.0. The van der Waals surface area contributed by atoms with Gasteiger partial charge in [0, 0.05) is 19.0 Å². The monoisotopic (exact) mass is 522 g/mol. The van der Waals surface area contributed by atoms with Gasteiger partial charge < -0.3 is 24.3 Å². The molecule has 0 aliphatic carbocycles. The summed E-state index contributed by atoms with van der Waals surface area (Å²) in [6, 6.07) is 33.4. The normalized spacial score (nSPS) is 17.3. The van der Waals surface area contributed by atoms with E-state index < -0.39 is 6.09 Å². The molecule has 0 saturated carbocycles. The van der Waals surface area contributed by atoms with Crippen LogP contribution < -0.4 is 9.84 Å². The Morgan fingerprint density at radius 3 is 2.38 bits per heavy atom. The summed E-state index contributed by atoms with van der Waals surface area (Å²) in [4.78, 5) is 12.9. The molecule has 0 bridgehead atoms. The Morgan fingerprint density at radius 2 is 1.59 bits per heavy atom. The Kier molecular flexibility index (Phi) is 9.13. The molecule has 39 heavy (non-hydrogen) atoms. The van der Waals surface area contributed by atoms with E-state index >= 15 is 0 Å². The minimum atomic E-state index is -1.14. The first-order chi connectivity index (χ1) is 19.2. The van der Waals surface area contributed by atoms with Crippen molar-refractivity contribution in [1.29, 1.82) is 0 Å². The summed E-state index contributed by atoms with van der Waals surface area (Å²) in [5.41, 5.74) is 3.61. The Balaban J connectivity index is 1.14. The lowest BCUT2D eigenvalue weighted by Crippen LogP contribution is -2.51. The lowest BCUT2D eigenvalue weighted by molar-refractivity contribution is -0.268. The minimum Gasteiger partial charge on any atom is -0.530 e. The van der Waals surface area contributed by atoms with Crippen LogP contribution in [0.1, 0.15) is 48.3 Å². The van der Waals surface area contributed by atoms with Crippen LogP contribution in [0.5, 0.6) is 5.75 Å². The van der Waals surface area contributed by atoms with Crippen molar-refractivity contribution >= 4 is 16.9 Å². The molecular formula is C34H36NO4-. The van der Waals surface area contributed by atoms with Gasteiger partial charge >= 0.3 is 0 Å². The second-order valence-electron chi connectivity index (χ2n) is 10.4. The average molecular weight is 523 g/mol. The Morgan fingerprint density at radius 1 is 0.821 bits per heavy atom. The van der Waals surface area contributed by atoms with Crippen LogP contribution in [-0.4, -0.2) is 36.8 Å². The summed E-state index contributed by atoms with van der Waals surface area (Å²) in [6.45, 7) is 1.89. The maximum Gasteiger partial charge on any atom is 0.137 e. The molecule has 0 N–H and O–H groups in total. The molecule has 5 rings (SSSR count). The van der Waals surface area contributed by atoms with Gasteiger partial charge in [-0.2, -0.15) is 0 Å². The predicted molar refractivity (Wildman–Crippen MR) is 153 cm³/mol. The molecule has 4 aromatic rings. The van der Waals surface area contributed by atoms with Gasteiger partial charge in [0.05, 0.1) is 19.3 Å². The van der Waals surface area contributed by atoms with E-state index in [1.165, 1.54) is 21.2 Å². The number of carbonyl (C=O) groups excluding carboxylic acids is 1. The van der Waals surface area contributed by atoms with Gasteiger partial charge in [-0.25, -0.2) is 0 Å². The van der Waals surface area contributed by atoms with Crippen molar-refractivity contribution in [2.24, 2.45) is 0 Å². The van der Waals surface area contributed by atoms with Gasteiger partial charge in [-0.15, -0.1) is 0 Å². The van der Waals surface area contributed by atoms with Gasteiger partial charge in [-0.05, 0) is 77.8 Å². The highest BCUT2D eigenvalue weighted by molar-refractivity contribution is 5.82. The smallest absolute Gasteiger partial charge is 0.137 e. The number of hydrogen-bond donors (Lipinski definition) is 0. The van der Waals surface area contributed by atoms with Crippen LogP contribution in [-0.2, 0) is 17.8 Å². The van der Waals surface area contributed by atoms with Crippen LogP contribution >= 0.6 is 0 Å². The number of benzene rings is 4. The minimum absolute atomic E-state index is 0.105. The van der Waals surface area contributed by atoms with Crippen LogP contribution in [0, 0.1) is 0 Å². The zero-order valence-electron chi connectivity index (χ0n) is 22.3. The number of aryl methyl sites for hydroxylation is 1. The molecule has 1 amide bonds. The van der Waals surface area contributed by atoms with E-state index in [1.807, 2.05) is 24.3 Å². The predicted octanol–water partition coefficient (Wildman–Crippen LogP) is 6.35. The van der Waals surface area contributed by atoms with Crippen molar-refractivity contribution in [3.05, 3.63) is 114 Å². The Bertz CT molecular complexity index is 1340. The lowest BCUT2D eigenvalue weighted by atomic mass is 9.87. The quantitative estimate of drug-likeness (QED) is 0.215. The molecule has 202 valence electrons. The Labute approximate surface area is 231 Å². The topological polar surface area (TPSA) is 61.8 Å². The van der Waals surface area contributed by atoms with E-state index in [1.54, 1.807) is 0 Å². The standard InChI is InChI=1S/C34H37NO4/c36-34(37)35-21-20-32(33(24-35)39-25-27-14-15-28-12-6-7-13-30(28)23-27)29-16-18-31(19-17-29)38-22-8-2-5-11-26-9-3-1-4-10-26/h1,3-4,6-7,9-10,12-19,23,32-33H,2,5,8,11,20-22,24-25H2,(H,36,37)/p-1. The molecule has 0 spiro atoms. The van der Waals surface area contributed by atoms with Gasteiger partial charge in [0.1, 0.15) is 11.8 Å². The fourth-order valence-corrected chi connectivity index (χ4v) is 5.42. The number of carboxylic acid groups (broad SMARTS) is 1. The van der Waals surface area contributed by atoms with Gasteiger partial charge in [0.25, 0.3) is 0 Å². The molecule has 0 radical (unpaired) electrons. The summed E-state index contributed by atoms with van der Waals surface area (Å²) in [5.74, 6) is 0.968. The van der Waals surface area contributed by atoms with E-state index in [2.05, 4.69) is 72.8 Å². The van der Waals surface area contributed by atoms with E-state index in [-0.39, 0.29) is 12.0 Å². The van der Waals surface area contributed by atoms with Crippen molar-refractivity contribution < 1.29 is 19.4 Å². The van der Waals surface area contributed by atoms with Crippen LogP contribution in [0.2, 0.25) is 0 Å². The molecule has 5 nitrogen and oxygen atoms in total. The number of ether oxygens (including phenoxy) is 2. The second-order valence-corrected chi connectivity index (χ2v) is 10.4. The fourth-order valence-electron chi connectivity index (χ4n) is 5.42. The Hall–Kier alpha value is -3.83. The molecule has 1 heterocycles. The summed E-state index contributed by atoms with van der Waals surface area (Å²) < 4.78 is 12.4. The number of amides is 1. The van der Waals surface area contributed by atoms with Gasteiger partial charge in [-0.3, -0.25) is 0 Å². The number of piperidine rings is 1. The van der Waals surface area contributed by atoms with Gasteiger partial charge in [-0.1, -0.05) is 78.9 Å². The molecule has 1 aliphatic rings. The van der Waals surface area contributed by atoms with Crippen molar-refractivity contribution in [1.82, 2.24) is 4.90 Å². The van der Waals surface area contributed by atoms with Crippen LogP contribution in [0.3, 0.4) is 0 Å². The number of unbranched alkanes of at least 4 members (excludes halogenated alkanes) is 2. The molecule has 2 unspecified atom stereocenters. The maximum atomic E-state index is 11.6. The fraction of sp³-hybridized carbons (Fsp3) is 0.324. The summed E-state index contributed by atoms with van der Waals surface area (Å²) >= 11 is 0. The first-order valence-electron chi connectivity index (χ1n) is 14.0. The van der Waals surface area contributed by atoms with Crippen LogP contribution in [0.25, 0.3) is 10.8 Å². The highest BCUT2D eigenvalue weighted by Crippen LogP contribution is 2.32. The lowest BCUT2D eigenvalue weighted by Gasteiger charge is -2.40. The SMILES string of the molecule is O=C([O-])N1CCC(c2ccc(OCCCCCc3ccccc3)cc2)C(OCc2ccc3ccccc3c2)C1. The zero-order chi connectivity index (χ0) is 26.9. The number of hydrogen-bond acceptors (Lipinski definition) is 4. The van der Waals surface area contributed by atoms with Crippen LogP contribution in [0.15, 0.2) is 97.1 Å².